The SMILES string of the molecule is CCn1c(-c2cccnc2C(C)C)c2c3cc(ccc31)-c1cc(cc(C(F)F)c1)C[C@H](NC(=O)[C@H](C1CCCC1)N(C)C(=O)CN(C)C(=O)[C@@H]1N[C@@H]1C1CC1)C(=O)N1CCC[C@H](N1)C(=O)OCC(C)(C)C2. The molecule has 9 rings (SSSR count). The molecule has 380 valence electrons. The van der Waals surface area contributed by atoms with Crippen molar-refractivity contribution in [2.45, 2.75) is 148 Å². The Hall–Kier alpha value is -5.74. The van der Waals surface area contributed by atoms with Crippen molar-refractivity contribution < 1.29 is 37.5 Å². The minimum absolute atomic E-state index is 0.0790. The summed E-state index contributed by atoms with van der Waals surface area (Å²) < 4.78 is 38.6. The standard InChI is InChI=1S/C55H70F2N8O6/c1-8-64-43-20-19-35-27-39(43)40(49(64)38-15-11-21-58-45(38)31(2)3)28-55(4,5)30-71-54(70)41-16-12-22-65(61-41)52(68)42(25-32-23-36(35)26-37(24-32)50(56)57)59-51(67)48(34-13-9-10-14-34)63(7)44(66)29-62(6)53(69)47-46(60-47)33-17-18-33/h11,15,19-21,23-24,26-27,31,33-34,41-42,46-48,50,60-61H,8-10,12-14,16-18,22,25,28-30H2,1-7H3,(H,59,67)/t41-,42-,46+,47+,48-/m0/s1. The number of aromatic nitrogens is 2. The summed E-state index contributed by atoms with van der Waals surface area (Å²) in [6.07, 6.45) is 5.45. The van der Waals surface area contributed by atoms with E-state index in [4.69, 9.17) is 9.72 Å². The maximum absolute atomic E-state index is 15.1. The number of hydrazine groups is 1. The van der Waals surface area contributed by atoms with E-state index in [-0.39, 0.29) is 61.5 Å². The molecular weight excluding hydrogens is 907 g/mol. The van der Waals surface area contributed by atoms with E-state index in [2.05, 4.69) is 61.3 Å². The number of alkyl halides is 2. The van der Waals surface area contributed by atoms with E-state index in [1.54, 1.807) is 20.3 Å². The van der Waals surface area contributed by atoms with Crippen molar-refractivity contribution in [3.05, 3.63) is 77.1 Å². The van der Waals surface area contributed by atoms with Crippen LogP contribution in [0.1, 0.15) is 121 Å². The number of benzene rings is 2. The van der Waals surface area contributed by atoms with Gasteiger partial charge in [0.2, 0.25) is 17.7 Å². The largest absolute Gasteiger partial charge is 0.464 e. The van der Waals surface area contributed by atoms with Crippen molar-refractivity contribution in [2.75, 3.05) is 33.8 Å². The zero-order chi connectivity index (χ0) is 50.5. The van der Waals surface area contributed by atoms with Crippen LogP contribution < -0.4 is 16.1 Å². The normalized spacial score (nSPS) is 23.1. The van der Waals surface area contributed by atoms with Crippen molar-refractivity contribution >= 4 is 40.5 Å². The zero-order valence-electron chi connectivity index (χ0n) is 42.2. The number of pyridine rings is 1. The number of halogens is 2. The number of cyclic esters (lactones) is 1. The Bertz CT molecular complexity index is 2690. The van der Waals surface area contributed by atoms with Crippen molar-refractivity contribution in [3.63, 3.8) is 0 Å². The Morgan fingerprint density at radius 3 is 2.44 bits per heavy atom. The van der Waals surface area contributed by atoms with Crippen molar-refractivity contribution in [3.8, 4) is 22.4 Å². The molecule has 16 heteroatoms. The highest BCUT2D eigenvalue weighted by molar-refractivity contribution is 5.96. The van der Waals surface area contributed by atoms with Crippen molar-refractivity contribution in [1.82, 2.24) is 40.4 Å². The van der Waals surface area contributed by atoms with Gasteiger partial charge in [-0.05, 0) is 122 Å². The lowest BCUT2D eigenvalue weighted by Crippen LogP contribution is -2.62. The number of hydrogen-bond acceptors (Lipinski definition) is 9. The van der Waals surface area contributed by atoms with Crippen LogP contribution in [0.25, 0.3) is 33.3 Å². The number of aryl methyl sites for hydroxylation is 1. The van der Waals surface area contributed by atoms with Crippen LogP contribution in [0.3, 0.4) is 0 Å². The molecule has 0 radical (unpaired) electrons. The van der Waals surface area contributed by atoms with Gasteiger partial charge in [0.05, 0.1) is 24.5 Å². The molecule has 4 amide bonds. The summed E-state index contributed by atoms with van der Waals surface area (Å²) in [4.78, 5) is 78.8. The van der Waals surface area contributed by atoms with Gasteiger partial charge in [-0.25, -0.2) is 14.2 Å². The van der Waals surface area contributed by atoms with E-state index in [9.17, 15) is 24.0 Å². The quantitative estimate of drug-likeness (QED) is 0.0974. The van der Waals surface area contributed by atoms with Crippen LogP contribution in [-0.4, -0.2) is 118 Å². The first-order valence-electron chi connectivity index (χ1n) is 25.8. The van der Waals surface area contributed by atoms with Crippen molar-refractivity contribution in [1.29, 1.82) is 0 Å². The fraction of sp³-hybridized carbons (Fsp3) is 0.564. The topological polar surface area (TPSA) is 168 Å². The molecule has 5 atom stereocenters. The highest BCUT2D eigenvalue weighted by atomic mass is 19.3. The zero-order valence-corrected chi connectivity index (χ0v) is 42.2. The summed E-state index contributed by atoms with van der Waals surface area (Å²) in [6, 6.07) is 11.4. The average Bonchev–Trinajstić information content (AvgIpc) is 4.28. The molecule has 3 N–H and O–H groups in total. The number of esters is 1. The second kappa shape index (κ2) is 20.4. The van der Waals surface area contributed by atoms with Gasteiger partial charge >= 0.3 is 5.97 Å². The van der Waals surface area contributed by atoms with E-state index >= 15 is 8.78 Å². The molecule has 2 aliphatic carbocycles. The predicted molar refractivity (Wildman–Crippen MR) is 267 cm³/mol. The Morgan fingerprint density at radius 2 is 1.73 bits per heavy atom. The molecule has 4 fully saturated rings. The summed E-state index contributed by atoms with van der Waals surface area (Å²) in [5.74, 6) is -1.78. The average molecular weight is 977 g/mol. The molecule has 71 heavy (non-hydrogen) atoms. The second-order valence-corrected chi connectivity index (χ2v) is 21.9. The summed E-state index contributed by atoms with van der Waals surface area (Å²) in [5.41, 5.74) is 8.88. The van der Waals surface area contributed by atoms with Crippen LogP contribution >= 0.6 is 0 Å². The van der Waals surface area contributed by atoms with Crippen LogP contribution in [0.15, 0.2) is 54.7 Å². The number of hydrogen-bond donors (Lipinski definition) is 3. The number of carbonyl (C=O) groups excluding carboxylic acids is 5. The van der Waals surface area contributed by atoms with Crippen LogP contribution in [-0.2, 0) is 48.1 Å². The highest BCUT2D eigenvalue weighted by Gasteiger charge is 2.52. The minimum atomic E-state index is -2.84. The van der Waals surface area contributed by atoms with Crippen molar-refractivity contribution in [2.24, 2.45) is 17.3 Å². The number of nitrogens with zero attached hydrogens (tertiary/aromatic N) is 5. The van der Waals surface area contributed by atoms with Gasteiger partial charge in [0, 0.05) is 73.3 Å². The Balaban J connectivity index is 1.10. The molecular formula is C55H70F2N8O6. The molecule has 0 spiro atoms. The third-order valence-corrected chi connectivity index (χ3v) is 15.5. The molecule has 5 aliphatic rings. The maximum atomic E-state index is 15.1. The smallest absolute Gasteiger partial charge is 0.324 e. The predicted octanol–water partition coefficient (Wildman–Crippen LogP) is 7.33. The van der Waals surface area contributed by atoms with Gasteiger partial charge in [-0.1, -0.05) is 58.7 Å². The molecule has 3 aliphatic heterocycles. The van der Waals surface area contributed by atoms with E-state index < -0.39 is 53.7 Å². The molecule has 14 nitrogen and oxygen atoms in total. The molecule has 2 aromatic carbocycles. The first-order valence-corrected chi connectivity index (χ1v) is 25.8. The number of amides is 4. The van der Waals surface area contributed by atoms with E-state index in [0.29, 0.717) is 61.3 Å². The lowest BCUT2D eigenvalue weighted by atomic mass is 9.83. The highest BCUT2D eigenvalue weighted by Crippen LogP contribution is 2.43. The maximum Gasteiger partial charge on any atom is 0.324 e. The van der Waals surface area contributed by atoms with E-state index in [1.807, 2.05) is 30.3 Å². The first-order chi connectivity index (χ1) is 33.9. The lowest BCUT2D eigenvalue weighted by molar-refractivity contribution is -0.155. The van der Waals surface area contributed by atoms with E-state index in [0.717, 1.165) is 59.1 Å². The number of carbonyl (C=O) groups is 5. The molecule has 5 heterocycles. The molecule has 2 saturated heterocycles. The van der Waals surface area contributed by atoms with Crippen LogP contribution in [0.4, 0.5) is 8.78 Å². The number of rotatable bonds is 12. The summed E-state index contributed by atoms with van der Waals surface area (Å²) >= 11 is 0. The fourth-order valence-corrected chi connectivity index (χ4v) is 11.5. The Morgan fingerprint density at radius 1 is 0.972 bits per heavy atom. The van der Waals surface area contributed by atoms with E-state index in [1.165, 1.54) is 26.9 Å². The molecule has 2 aromatic heterocycles. The third kappa shape index (κ3) is 10.6. The molecule has 4 aromatic rings. The summed E-state index contributed by atoms with van der Waals surface area (Å²) in [6.45, 7) is 11.2. The lowest BCUT2D eigenvalue weighted by Gasteiger charge is -2.37. The number of fused-ring (bicyclic) bond motifs is 6. The minimum Gasteiger partial charge on any atom is -0.464 e. The van der Waals surface area contributed by atoms with Gasteiger partial charge in [-0.15, -0.1) is 0 Å². The van der Waals surface area contributed by atoms with Gasteiger partial charge in [0.1, 0.15) is 24.2 Å². The number of ether oxygens (including phenoxy) is 1. The van der Waals surface area contributed by atoms with Gasteiger partial charge < -0.3 is 24.4 Å². The van der Waals surface area contributed by atoms with Crippen LogP contribution in [0.5, 0.6) is 0 Å². The number of nitrogens with one attached hydrogen (secondary N) is 3. The van der Waals surface area contributed by atoms with Gasteiger partial charge in [-0.3, -0.25) is 39.3 Å². The Kier molecular flexibility index (Phi) is 14.4. The van der Waals surface area contributed by atoms with Gasteiger partial charge in [0.25, 0.3) is 12.3 Å². The van der Waals surface area contributed by atoms with Gasteiger partial charge in [-0.2, -0.15) is 0 Å². The second-order valence-electron chi connectivity index (χ2n) is 21.9. The third-order valence-electron chi connectivity index (χ3n) is 15.5. The number of likely N-dealkylation sites (N-methyl/N-ethyl adjacent to an activating group) is 2. The first kappa shape index (κ1) is 50.2. The summed E-state index contributed by atoms with van der Waals surface area (Å²) in [7, 11) is 3.17. The molecule has 2 saturated carbocycles. The Labute approximate surface area is 415 Å². The summed E-state index contributed by atoms with van der Waals surface area (Å²) in [5, 5.41) is 8.54. The van der Waals surface area contributed by atoms with Crippen LogP contribution in [0, 0.1) is 17.3 Å². The van der Waals surface area contributed by atoms with Crippen LogP contribution in [0.2, 0.25) is 0 Å². The molecule has 0 unspecified atom stereocenters. The monoisotopic (exact) mass is 977 g/mol. The molecule has 6 bridgehead atoms. The fourth-order valence-electron chi connectivity index (χ4n) is 11.5. The van der Waals surface area contributed by atoms with Gasteiger partial charge in [0.15, 0.2) is 0 Å².